The molecular weight excluding hydrogens is 393 g/mol. The first-order chi connectivity index (χ1) is 13.9. The van der Waals surface area contributed by atoms with Crippen LogP contribution in [0.5, 0.6) is 11.5 Å². The van der Waals surface area contributed by atoms with E-state index in [9.17, 15) is 12.8 Å². The summed E-state index contributed by atoms with van der Waals surface area (Å²) in [7, 11) is -0.842. The fraction of sp³-hybridized carbons (Fsp3) is 0.182. The lowest BCUT2D eigenvalue weighted by Crippen LogP contribution is -2.30. The summed E-state index contributed by atoms with van der Waals surface area (Å²) in [5.41, 5.74) is 1.32. The molecule has 3 aromatic carbocycles. The van der Waals surface area contributed by atoms with Crippen LogP contribution in [0.1, 0.15) is 11.1 Å². The molecule has 5 nitrogen and oxygen atoms in total. The third-order valence-corrected chi connectivity index (χ3v) is 6.28. The van der Waals surface area contributed by atoms with E-state index in [0.29, 0.717) is 11.3 Å². The van der Waals surface area contributed by atoms with Gasteiger partial charge in [-0.15, -0.1) is 0 Å². The van der Waals surface area contributed by atoms with Crippen molar-refractivity contribution in [3.63, 3.8) is 0 Å². The van der Waals surface area contributed by atoms with Gasteiger partial charge in [-0.3, -0.25) is 0 Å². The SMILES string of the molecule is COc1ccc(CN(Cc2ccc(OC)c(F)c2)S(=O)(=O)c2ccccc2)cc1. The van der Waals surface area contributed by atoms with Gasteiger partial charge in [0, 0.05) is 13.1 Å². The normalized spacial score (nSPS) is 11.4. The molecule has 3 rings (SSSR count). The number of rotatable bonds is 8. The molecule has 3 aromatic rings. The zero-order valence-electron chi connectivity index (χ0n) is 16.2. The van der Waals surface area contributed by atoms with Crippen LogP contribution < -0.4 is 9.47 Å². The van der Waals surface area contributed by atoms with E-state index in [-0.39, 0.29) is 23.7 Å². The Labute approximate surface area is 170 Å². The summed E-state index contributed by atoms with van der Waals surface area (Å²) < 4.78 is 52.1. The van der Waals surface area contributed by atoms with Crippen LogP contribution in [0.15, 0.2) is 77.7 Å². The summed E-state index contributed by atoms with van der Waals surface area (Å²) in [4.78, 5) is 0.183. The van der Waals surface area contributed by atoms with Gasteiger partial charge in [0.05, 0.1) is 19.1 Å². The van der Waals surface area contributed by atoms with Gasteiger partial charge in [-0.2, -0.15) is 4.31 Å². The Morgan fingerprint density at radius 1 is 0.828 bits per heavy atom. The molecule has 0 atom stereocenters. The van der Waals surface area contributed by atoms with Gasteiger partial charge in [0.2, 0.25) is 10.0 Å². The first-order valence-electron chi connectivity index (χ1n) is 8.94. The molecule has 0 aliphatic rings. The Hall–Kier alpha value is -2.90. The van der Waals surface area contributed by atoms with Gasteiger partial charge < -0.3 is 9.47 Å². The van der Waals surface area contributed by atoms with Gasteiger partial charge in [0.25, 0.3) is 0 Å². The van der Waals surface area contributed by atoms with Crippen LogP contribution >= 0.6 is 0 Å². The van der Waals surface area contributed by atoms with Crippen molar-refractivity contribution in [2.45, 2.75) is 18.0 Å². The summed E-state index contributed by atoms with van der Waals surface area (Å²) in [6, 6.07) is 19.8. The highest BCUT2D eigenvalue weighted by atomic mass is 32.2. The summed E-state index contributed by atoms with van der Waals surface area (Å²) in [6.07, 6.45) is 0. The zero-order chi connectivity index (χ0) is 20.9. The van der Waals surface area contributed by atoms with Crippen molar-refractivity contribution in [1.29, 1.82) is 0 Å². The molecular formula is C22H22FNO4S. The van der Waals surface area contributed by atoms with Crippen LogP contribution in [0.25, 0.3) is 0 Å². The second-order valence-corrected chi connectivity index (χ2v) is 8.34. The summed E-state index contributed by atoms with van der Waals surface area (Å²) in [6.45, 7) is 0.152. The zero-order valence-corrected chi connectivity index (χ0v) is 17.0. The highest BCUT2D eigenvalue weighted by Gasteiger charge is 2.25. The molecule has 0 fully saturated rings. The van der Waals surface area contributed by atoms with Crippen LogP contribution in [0.4, 0.5) is 4.39 Å². The van der Waals surface area contributed by atoms with Crippen molar-refractivity contribution in [1.82, 2.24) is 4.31 Å². The van der Waals surface area contributed by atoms with Crippen LogP contribution in [0.3, 0.4) is 0 Å². The van der Waals surface area contributed by atoms with Gasteiger partial charge in [-0.25, -0.2) is 12.8 Å². The van der Waals surface area contributed by atoms with Crippen molar-refractivity contribution >= 4 is 10.0 Å². The first-order valence-corrected chi connectivity index (χ1v) is 10.4. The lowest BCUT2D eigenvalue weighted by atomic mass is 10.2. The molecule has 0 heterocycles. The average molecular weight is 415 g/mol. The number of ether oxygens (including phenoxy) is 2. The minimum absolute atomic E-state index is 0.0180. The van der Waals surface area contributed by atoms with E-state index in [2.05, 4.69) is 0 Å². The molecule has 7 heteroatoms. The van der Waals surface area contributed by atoms with Crippen LogP contribution in [-0.2, 0) is 23.1 Å². The predicted octanol–water partition coefficient (Wildman–Crippen LogP) is 4.23. The van der Waals surface area contributed by atoms with E-state index in [1.54, 1.807) is 67.8 Å². The van der Waals surface area contributed by atoms with Gasteiger partial charge in [-0.05, 0) is 47.5 Å². The number of nitrogens with zero attached hydrogens (tertiary/aromatic N) is 1. The molecule has 0 spiro atoms. The maximum absolute atomic E-state index is 14.1. The van der Waals surface area contributed by atoms with E-state index in [0.717, 1.165) is 5.56 Å². The third kappa shape index (κ3) is 4.93. The van der Waals surface area contributed by atoms with E-state index >= 15 is 0 Å². The van der Waals surface area contributed by atoms with Crippen LogP contribution in [-0.4, -0.2) is 26.9 Å². The van der Waals surface area contributed by atoms with Gasteiger partial charge >= 0.3 is 0 Å². The topological polar surface area (TPSA) is 55.8 Å². The predicted molar refractivity (Wildman–Crippen MR) is 109 cm³/mol. The number of sulfonamides is 1. The van der Waals surface area contributed by atoms with Crippen molar-refractivity contribution in [2.75, 3.05) is 14.2 Å². The van der Waals surface area contributed by atoms with Crippen molar-refractivity contribution in [3.8, 4) is 11.5 Å². The number of hydrogen-bond acceptors (Lipinski definition) is 4. The van der Waals surface area contributed by atoms with Crippen LogP contribution in [0, 0.1) is 5.82 Å². The molecule has 0 aliphatic heterocycles. The molecule has 0 amide bonds. The highest BCUT2D eigenvalue weighted by Crippen LogP contribution is 2.24. The molecule has 0 bridgehead atoms. The standard InChI is InChI=1S/C22H22FNO4S/c1-27-19-11-8-17(9-12-19)15-24(29(25,26)20-6-4-3-5-7-20)16-18-10-13-22(28-2)21(23)14-18/h3-14H,15-16H2,1-2H3. The first kappa shape index (κ1) is 20.8. The lowest BCUT2D eigenvalue weighted by molar-refractivity contribution is 0.381. The Morgan fingerprint density at radius 3 is 2.03 bits per heavy atom. The van der Waals surface area contributed by atoms with E-state index in [1.165, 1.54) is 23.5 Å². The second-order valence-electron chi connectivity index (χ2n) is 6.40. The molecule has 29 heavy (non-hydrogen) atoms. The summed E-state index contributed by atoms with van der Waals surface area (Å²) in [5.74, 6) is 0.260. The maximum atomic E-state index is 14.1. The molecule has 0 unspecified atom stereocenters. The third-order valence-electron chi connectivity index (χ3n) is 4.47. The van der Waals surface area contributed by atoms with E-state index < -0.39 is 15.8 Å². The van der Waals surface area contributed by atoms with E-state index in [1.807, 2.05) is 0 Å². The van der Waals surface area contributed by atoms with Crippen molar-refractivity contribution in [3.05, 3.63) is 89.7 Å². The summed E-state index contributed by atoms with van der Waals surface area (Å²) >= 11 is 0. The monoisotopic (exact) mass is 415 g/mol. The summed E-state index contributed by atoms with van der Waals surface area (Å²) in [5, 5.41) is 0. The molecule has 0 N–H and O–H groups in total. The highest BCUT2D eigenvalue weighted by molar-refractivity contribution is 7.89. The quantitative estimate of drug-likeness (QED) is 0.552. The molecule has 152 valence electrons. The number of methoxy groups -OCH3 is 2. The van der Waals surface area contributed by atoms with Gasteiger partial charge in [-0.1, -0.05) is 36.4 Å². The fourth-order valence-electron chi connectivity index (χ4n) is 2.91. The Morgan fingerprint density at radius 2 is 1.45 bits per heavy atom. The number of halogens is 1. The average Bonchev–Trinajstić information content (AvgIpc) is 2.74. The van der Waals surface area contributed by atoms with Gasteiger partial charge in [0.15, 0.2) is 11.6 Å². The van der Waals surface area contributed by atoms with E-state index in [4.69, 9.17) is 9.47 Å². The van der Waals surface area contributed by atoms with Crippen molar-refractivity contribution in [2.24, 2.45) is 0 Å². The fourth-order valence-corrected chi connectivity index (χ4v) is 4.35. The minimum Gasteiger partial charge on any atom is -0.497 e. The Bertz CT molecular complexity index is 1050. The number of benzene rings is 3. The van der Waals surface area contributed by atoms with Crippen LogP contribution in [0.2, 0.25) is 0 Å². The number of hydrogen-bond donors (Lipinski definition) is 0. The largest absolute Gasteiger partial charge is 0.497 e. The molecule has 0 aromatic heterocycles. The molecule has 0 saturated heterocycles. The van der Waals surface area contributed by atoms with Gasteiger partial charge in [0.1, 0.15) is 5.75 Å². The maximum Gasteiger partial charge on any atom is 0.243 e. The Kier molecular flexibility index (Phi) is 6.51. The minimum atomic E-state index is -3.79. The molecule has 0 radical (unpaired) electrons. The Balaban J connectivity index is 1.95. The molecule has 0 saturated carbocycles. The second kappa shape index (κ2) is 9.07. The smallest absolute Gasteiger partial charge is 0.243 e. The molecule has 0 aliphatic carbocycles. The van der Waals surface area contributed by atoms with Crippen molar-refractivity contribution < 1.29 is 22.3 Å². The lowest BCUT2D eigenvalue weighted by Gasteiger charge is -2.23.